The van der Waals surface area contributed by atoms with Crippen molar-refractivity contribution < 1.29 is 0 Å². The number of hydrogen-bond acceptors (Lipinski definition) is 2. The van der Waals surface area contributed by atoms with E-state index in [1.54, 1.807) is 0 Å². The van der Waals surface area contributed by atoms with Crippen molar-refractivity contribution in [2.24, 2.45) is 5.92 Å². The van der Waals surface area contributed by atoms with Gasteiger partial charge in [-0.15, -0.1) is 0 Å². The van der Waals surface area contributed by atoms with Crippen molar-refractivity contribution in [3.63, 3.8) is 0 Å². The molecule has 0 aliphatic carbocycles. The summed E-state index contributed by atoms with van der Waals surface area (Å²) in [6.07, 6.45) is 2.62. The molecule has 19 heavy (non-hydrogen) atoms. The van der Waals surface area contributed by atoms with Crippen LogP contribution >= 0.6 is 11.8 Å². The number of benzene rings is 1. The molecule has 1 nitrogen and oxygen atoms in total. The van der Waals surface area contributed by atoms with E-state index in [1.807, 2.05) is 11.8 Å². The van der Waals surface area contributed by atoms with Crippen LogP contribution in [0.4, 0.5) is 0 Å². The summed E-state index contributed by atoms with van der Waals surface area (Å²) in [7, 11) is 0. The molecule has 0 aliphatic heterocycles. The molecule has 0 aromatic heterocycles. The Hall–Kier alpha value is -0.470. The van der Waals surface area contributed by atoms with Gasteiger partial charge in [0.15, 0.2) is 0 Å². The first-order chi connectivity index (χ1) is 9.09. The fraction of sp³-hybridized carbons (Fsp3) is 0.647. The zero-order chi connectivity index (χ0) is 14.1. The molecule has 1 atom stereocenters. The second kappa shape index (κ2) is 9.44. The second-order valence-corrected chi connectivity index (χ2v) is 6.91. The molecule has 0 radical (unpaired) electrons. The molecule has 0 heterocycles. The van der Waals surface area contributed by atoms with Crippen LogP contribution in [0, 0.1) is 12.8 Å². The van der Waals surface area contributed by atoms with Gasteiger partial charge in [-0.05, 0) is 43.7 Å². The smallest absolute Gasteiger partial charge is 0.0187 e. The van der Waals surface area contributed by atoms with Crippen LogP contribution in [0.25, 0.3) is 0 Å². The molecular weight excluding hydrogens is 250 g/mol. The molecule has 0 saturated heterocycles. The average Bonchev–Trinajstić information content (AvgIpc) is 2.38. The second-order valence-electron chi connectivity index (χ2n) is 5.81. The number of rotatable bonds is 9. The van der Waals surface area contributed by atoms with Crippen LogP contribution in [0.3, 0.4) is 0 Å². The van der Waals surface area contributed by atoms with E-state index in [-0.39, 0.29) is 0 Å². The Labute approximate surface area is 123 Å². The summed E-state index contributed by atoms with van der Waals surface area (Å²) in [5, 5.41) is 3.62. The maximum Gasteiger partial charge on any atom is 0.0187 e. The Bertz CT molecular complexity index is 349. The van der Waals surface area contributed by atoms with Crippen molar-refractivity contribution in [3.05, 3.63) is 35.4 Å². The summed E-state index contributed by atoms with van der Waals surface area (Å²) in [5.41, 5.74) is 2.88. The molecule has 0 bridgehead atoms. The van der Waals surface area contributed by atoms with Crippen molar-refractivity contribution in [2.75, 3.05) is 12.3 Å². The molecule has 0 fully saturated rings. The van der Waals surface area contributed by atoms with E-state index in [1.165, 1.54) is 29.7 Å². The molecule has 1 aromatic rings. The molecule has 108 valence electrons. The van der Waals surface area contributed by atoms with Crippen LogP contribution in [0.15, 0.2) is 24.3 Å². The lowest BCUT2D eigenvalue weighted by atomic mass is 10.0. The topological polar surface area (TPSA) is 12.0 Å². The van der Waals surface area contributed by atoms with Crippen LogP contribution in [0.2, 0.25) is 0 Å². The van der Waals surface area contributed by atoms with E-state index in [9.17, 15) is 0 Å². The van der Waals surface area contributed by atoms with Crippen LogP contribution in [0.5, 0.6) is 0 Å². The van der Waals surface area contributed by atoms with E-state index < -0.39 is 0 Å². The minimum Gasteiger partial charge on any atom is -0.313 e. The van der Waals surface area contributed by atoms with E-state index in [4.69, 9.17) is 0 Å². The highest BCUT2D eigenvalue weighted by Crippen LogP contribution is 2.15. The molecule has 2 heteroatoms. The van der Waals surface area contributed by atoms with Gasteiger partial charge in [0.05, 0.1) is 0 Å². The van der Waals surface area contributed by atoms with Gasteiger partial charge in [0, 0.05) is 24.1 Å². The fourth-order valence-electron chi connectivity index (χ4n) is 2.02. The molecular formula is C17H29NS. The third-order valence-electron chi connectivity index (χ3n) is 3.44. The number of thioether (sulfide) groups is 1. The highest BCUT2D eigenvalue weighted by molar-refractivity contribution is 7.98. The third-order valence-corrected chi connectivity index (χ3v) is 4.44. The Morgan fingerprint density at radius 3 is 2.53 bits per heavy atom. The lowest BCUT2D eigenvalue weighted by Crippen LogP contribution is -2.28. The summed E-state index contributed by atoms with van der Waals surface area (Å²) in [6.45, 7) is 10.2. The average molecular weight is 279 g/mol. The van der Waals surface area contributed by atoms with Crippen molar-refractivity contribution in [2.45, 2.75) is 52.3 Å². The normalized spacial score (nSPS) is 12.9. The maximum atomic E-state index is 3.62. The Kier molecular flexibility index (Phi) is 8.24. The minimum atomic E-state index is 0.654. The lowest BCUT2D eigenvalue weighted by molar-refractivity contribution is 0.460. The highest BCUT2D eigenvalue weighted by atomic mass is 32.2. The van der Waals surface area contributed by atoms with Gasteiger partial charge in [0.1, 0.15) is 0 Å². The summed E-state index contributed by atoms with van der Waals surface area (Å²) >= 11 is 2.02. The molecule has 1 N–H and O–H groups in total. The minimum absolute atomic E-state index is 0.654. The quantitative estimate of drug-likeness (QED) is 0.661. The van der Waals surface area contributed by atoms with Gasteiger partial charge in [0.25, 0.3) is 0 Å². The molecule has 1 aromatic carbocycles. The first-order valence-electron chi connectivity index (χ1n) is 7.45. The van der Waals surface area contributed by atoms with E-state index >= 15 is 0 Å². The van der Waals surface area contributed by atoms with Gasteiger partial charge < -0.3 is 5.32 Å². The lowest BCUT2D eigenvalue weighted by Gasteiger charge is -2.14. The summed E-state index contributed by atoms with van der Waals surface area (Å²) in [4.78, 5) is 0. The Morgan fingerprint density at radius 2 is 1.84 bits per heavy atom. The van der Waals surface area contributed by atoms with Crippen LogP contribution < -0.4 is 5.32 Å². The predicted octanol–water partition coefficient (Wildman–Crippen LogP) is 4.64. The van der Waals surface area contributed by atoms with Crippen LogP contribution in [-0.4, -0.2) is 18.3 Å². The predicted molar refractivity (Wildman–Crippen MR) is 88.9 cm³/mol. The highest BCUT2D eigenvalue weighted by Gasteiger charge is 2.03. The van der Waals surface area contributed by atoms with Crippen LogP contribution in [-0.2, 0) is 5.75 Å². The van der Waals surface area contributed by atoms with Gasteiger partial charge in [-0.1, -0.05) is 38.1 Å². The van der Waals surface area contributed by atoms with E-state index in [2.05, 4.69) is 57.3 Å². The van der Waals surface area contributed by atoms with Crippen molar-refractivity contribution in [1.29, 1.82) is 0 Å². The van der Waals surface area contributed by atoms with E-state index in [0.717, 1.165) is 18.2 Å². The summed E-state index contributed by atoms with van der Waals surface area (Å²) in [5.74, 6) is 3.15. The number of nitrogens with one attached hydrogen (secondary N) is 1. The Balaban J connectivity index is 2.07. The molecule has 0 saturated carbocycles. The SMILES string of the molecule is Cc1ccccc1CSCCNC(C)CCC(C)C. The summed E-state index contributed by atoms with van der Waals surface area (Å²) < 4.78 is 0. The van der Waals surface area contributed by atoms with Gasteiger partial charge in [-0.25, -0.2) is 0 Å². The van der Waals surface area contributed by atoms with Crippen molar-refractivity contribution in [1.82, 2.24) is 5.32 Å². The number of hydrogen-bond donors (Lipinski definition) is 1. The van der Waals surface area contributed by atoms with Gasteiger partial charge in [0.2, 0.25) is 0 Å². The fourth-order valence-corrected chi connectivity index (χ4v) is 2.97. The van der Waals surface area contributed by atoms with Crippen LogP contribution in [0.1, 0.15) is 44.7 Å². The van der Waals surface area contributed by atoms with E-state index in [0.29, 0.717) is 6.04 Å². The van der Waals surface area contributed by atoms with Gasteiger partial charge in [-0.3, -0.25) is 0 Å². The monoisotopic (exact) mass is 279 g/mol. The molecule has 0 spiro atoms. The van der Waals surface area contributed by atoms with Gasteiger partial charge in [-0.2, -0.15) is 11.8 Å². The first-order valence-corrected chi connectivity index (χ1v) is 8.60. The molecule has 1 rings (SSSR count). The molecule has 1 unspecified atom stereocenters. The first kappa shape index (κ1) is 16.6. The standard InChI is InChI=1S/C17H29NS/c1-14(2)9-10-16(4)18-11-12-19-13-17-8-6-5-7-15(17)3/h5-8,14,16,18H,9-13H2,1-4H3. The maximum absolute atomic E-state index is 3.62. The molecule has 0 aliphatic rings. The summed E-state index contributed by atoms with van der Waals surface area (Å²) in [6, 6.07) is 9.33. The zero-order valence-electron chi connectivity index (χ0n) is 12.9. The zero-order valence-corrected chi connectivity index (χ0v) is 13.7. The number of aryl methyl sites for hydroxylation is 1. The van der Waals surface area contributed by atoms with Crippen molar-refractivity contribution >= 4 is 11.8 Å². The molecule has 0 amide bonds. The third kappa shape index (κ3) is 7.64. The Morgan fingerprint density at radius 1 is 1.11 bits per heavy atom. The van der Waals surface area contributed by atoms with Gasteiger partial charge >= 0.3 is 0 Å². The van der Waals surface area contributed by atoms with Crippen molar-refractivity contribution in [3.8, 4) is 0 Å². The largest absolute Gasteiger partial charge is 0.313 e.